The van der Waals surface area contributed by atoms with E-state index in [2.05, 4.69) is 0 Å². The van der Waals surface area contributed by atoms with Gasteiger partial charge in [0.1, 0.15) is 5.54 Å². The molecule has 0 amide bonds. The highest BCUT2D eigenvalue weighted by molar-refractivity contribution is 5.80. The van der Waals surface area contributed by atoms with E-state index in [1.807, 2.05) is 0 Å². The van der Waals surface area contributed by atoms with Gasteiger partial charge in [0.15, 0.2) is 0 Å². The fraction of sp³-hybridized carbons (Fsp3) is 0.900. The quantitative estimate of drug-likeness (QED) is 0.656. The van der Waals surface area contributed by atoms with Crippen LogP contribution >= 0.6 is 0 Å². The lowest BCUT2D eigenvalue weighted by Crippen LogP contribution is -2.55. The van der Waals surface area contributed by atoms with E-state index in [1.54, 1.807) is 6.92 Å². The van der Waals surface area contributed by atoms with Gasteiger partial charge in [-0.1, -0.05) is 0 Å². The molecule has 4 atom stereocenters. The van der Waals surface area contributed by atoms with E-state index in [0.29, 0.717) is 6.10 Å². The average Bonchev–Trinajstić information content (AvgIpc) is 2.77. The van der Waals surface area contributed by atoms with Crippen molar-refractivity contribution in [2.75, 3.05) is 7.11 Å². The molecule has 2 aliphatic heterocycles. The lowest BCUT2D eigenvalue weighted by atomic mass is 9.76. The highest BCUT2D eigenvalue weighted by Crippen LogP contribution is 2.43. The summed E-state index contributed by atoms with van der Waals surface area (Å²) < 4.78 is 10.4. The molecule has 0 aromatic carbocycles. The van der Waals surface area contributed by atoms with Gasteiger partial charge in [0.25, 0.3) is 0 Å². The van der Waals surface area contributed by atoms with Gasteiger partial charge >= 0.3 is 5.97 Å². The smallest absolute Gasteiger partial charge is 0.325 e. The molecule has 2 rings (SSSR count). The number of hydrogen-bond donors (Lipinski definition) is 1. The summed E-state index contributed by atoms with van der Waals surface area (Å²) >= 11 is 0. The number of carbonyl (C=O) groups is 1. The monoisotopic (exact) mass is 199 g/mol. The Morgan fingerprint density at radius 3 is 2.71 bits per heavy atom. The normalized spacial score (nSPS) is 39.5. The zero-order valence-electron chi connectivity index (χ0n) is 8.66. The second-order valence-electron chi connectivity index (χ2n) is 4.49. The van der Waals surface area contributed by atoms with Crippen LogP contribution in [0.4, 0.5) is 0 Å². The highest BCUT2D eigenvalue weighted by Gasteiger charge is 2.51. The van der Waals surface area contributed by atoms with Crippen molar-refractivity contribution in [2.24, 2.45) is 11.7 Å². The standard InChI is InChI=1S/C10H17NO3/c1-10(11,9(12)13-2)7-5-6-3-4-8(7)14-6/h6-8H,3-5,11H2,1-2H3. The Balaban J connectivity index is 2.11. The first-order valence-corrected chi connectivity index (χ1v) is 5.08. The van der Waals surface area contributed by atoms with Crippen LogP contribution in [0.25, 0.3) is 0 Å². The molecule has 2 saturated heterocycles. The van der Waals surface area contributed by atoms with Crippen molar-refractivity contribution >= 4 is 5.97 Å². The summed E-state index contributed by atoms with van der Waals surface area (Å²) in [5.41, 5.74) is 5.11. The third-order valence-corrected chi connectivity index (χ3v) is 3.50. The van der Waals surface area contributed by atoms with Crippen LogP contribution in [0, 0.1) is 5.92 Å². The minimum Gasteiger partial charge on any atom is -0.468 e. The number of fused-ring (bicyclic) bond motifs is 2. The molecule has 2 N–H and O–H groups in total. The van der Waals surface area contributed by atoms with Gasteiger partial charge in [-0.3, -0.25) is 4.79 Å². The fourth-order valence-corrected chi connectivity index (χ4v) is 2.64. The van der Waals surface area contributed by atoms with Crippen LogP contribution in [0.3, 0.4) is 0 Å². The number of carbonyl (C=O) groups excluding carboxylic acids is 1. The second kappa shape index (κ2) is 3.21. The maximum atomic E-state index is 11.5. The third-order valence-electron chi connectivity index (χ3n) is 3.50. The summed E-state index contributed by atoms with van der Waals surface area (Å²) in [6.07, 6.45) is 3.51. The Morgan fingerprint density at radius 2 is 2.29 bits per heavy atom. The van der Waals surface area contributed by atoms with Crippen molar-refractivity contribution < 1.29 is 14.3 Å². The molecule has 4 unspecified atom stereocenters. The van der Waals surface area contributed by atoms with E-state index in [-0.39, 0.29) is 18.0 Å². The first-order valence-electron chi connectivity index (χ1n) is 5.08. The largest absolute Gasteiger partial charge is 0.468 e. The Labute approximate surface area is 83.7 Å². The van der Waals surface area contributed by atoms with Crippen molar-refractivity contribution in [3.63, 3.8) is 0 Å². The molecule has 4 heteroatoms. The molecule has 2 bridgehead atoms. The van der Waals surface area contributed by atoms with Crippen molar-refractivity contribution in [2.45, 2.75) is 43.9 Å². The molecule has 0 spiro atoms. The Morgan fingerprint density at radius 1 is 1.57 bits per heavy atom. The maximum absolute atomic E-state index is 11.5. The summed E-state index contributed by atoms with van der Waals surface area (Å²) in [6.45, 7) is 1.74. The van der Waals surface area contributed by atoms with Crippen LogP contribution < -0.4 is 5.73 Å². The predicted molar refractivity (Wildman–Crippen MR) is 50.6 cm³/mol. The van der Waals surface area contributed by atoms with Crippen LogP contribution in [-0.2, 0) is 14.3 Å². The molecule has 0 radical (unpaired) electrons. The van der Waals surface area contributed by atoms with Crippen LogP contribution in [0.2, 0.25) is 0 Å². The van der Waals surface area contributed by atoms with Crippen LogP contribution in [0.1, 0.15) is 26.2 Å². The fourth-order valence-electron chi connectivity index (χ4n) is 2.64. The summed E-state index contributed by atoms with van der Waals surface area (Å²) in [7, 11) is 1.38. The molecule has 2 aliphatic rings. The minimum atomic E-state index is -0.894. The predicted octanol–water partition coefficient (Wildman–Crippen LogP) is 0.444. The third kappa shape index (κ3) is 1.33. The van der Waals surface area contributed by atoms with Crippen LogP contribution in [0.15, 0.2) is 0 Å². The van der Waals surface area contributed by atoms with Gasteiger partial charge < -0.3 is 15.2 Å². The number of nitrogens with two attached hydrogens (primary N) is 1. The molecule has 0 saturated carbocycles. The SMILES string of the molecule is COC(=O)C(C)(N)C1CC2CCC1O2. The zero-order valence-corrected chi connectivity index (χ0v) is 8.66. The number of hydrogen-bond acceptors (Lipinski definition) is 4. The number of rotatable bonds is 2. The average molecular weight is 199 g/mol. The lowest BCUT2D eigenvalue weighted by Gasteiger charge is -2.32. The molecule has 0 aliphatic carbocycles. The zero-order chi connectivity index (χ0) is 10.3. The molecule has 0 aromatic rings. The number of methoxy groups -OCH3 is 1. The lowest BCUT2D eigenvalue weighted by molar-refractivity contribution is -0.149. The van der Waals surface area contributed by atoms with E-state index in [0.717, 1.165) is 19.3 Å². The Bertz CT molecular complexity index is 252. The van der Waals surface area contributed by atoms with E-state index in [4.69, 9.17) is 15.2 Å². The molecule has 2 heterocycles. The number of esters is 1. The first kappa shape index (κ1) is 9.93. The summed E-state index contributed by atoms with van der Waals surface area (Å²) in [4.78, 5) is 11.5. The Kier molecular flexibility index (Phi) is 2.27. The first-order chi connectivity index (χ1) is 6.55. The van der Waals surface area contributed by atoms with Gasteiger partial charge in [-0.25, -0.2) is 0 Å². The molecule has 14 heavy (non-hydrogen) atoms. The van der Waals surface area contributed by atoms with Crippen LogP contribution in [0.5, 0.6) is 0 Å². The van der Waals surface area contributed by atoms with E-state index in [9.17, 15) is 4.79 Å². The van der Waals surface area contributed by atoms with Gasteiger partial charge in [0, 0.05) is 5.92 Å². The van der Waals surface area contributed by atoms with Gasteiger partial charge in [-0.05, 0) is 26.2 Å². The summed E-state index contributed by atoms with van der Waals surface area (Å²) in [6, 6.07) is 0. The molecule has 4 nitrogen and oxygen atoms in total. The molecular formula is C10H17NO3. The van der Waals surface area contributed by atoms with Gasteiger partial charge in [-0.2, -0.15) is 0 Å². The summed E-state index contributed by atoms with van der Waals surface area (Å²) in [5, 5.41) is 0. The number of ether oxygens (including phenoxy) is 2. The van der Waals surface area contributed by atoms with E-state index < -0.39 is 5.54 Å². The second-order valence-corrected chi connectivity index (χ2v) is 4.49. The Hall–Kier alpha value is -0.610. The van der Waals surface area contributed by atoms with E-state index in [1.165, 1.54) is 7.11 Å². The van der Waals surface area contributed by atoms with Crippen molar-refractivity contribution in [1.29, 1.82) is 0 Å². The van der Waals surface area contributed by atoms with Crippen molar-refractivity contribution in [1.82, 2.24) is 0 Å². The maximum Gasteiger partial charge on any atom is 0.325 e. The highest BCUT2D eigenvalue weighted by atomic mass is 16.5. The van der Waals surface area contributed by atoms with Crippen LogP contribution in [-0.4, -0.2) is 30.8 Å². The minimum absolute atomic E-state index is 0.119. The topological polar surface area (TPSA) is 61.5 Å². The molecule has 2 fully saturated rings. The van der Waals surface area contributed by atoms with Crippen molar-refractivity contribution in [3.05, 3.63) is 0 Å². The van der Waals surface area contributed by atoms with E-state index >= 15 is 0 Å². The molecule has 0 aromatic heterocycles. The molecular weight excluding hydrogens is 182 g/mol. The van der Waals surface area contributed by atoms with Gasteiger partial charge in [0.2, 0.25) is 0 Å². The summed E-state index contributed by atoms with van der Waals surface area (Å²) in [5.74, 6) is -0.215. The van der Waals surface area contributed by atoms with Crippen molar-refractivity contribution in [3.8, 4) is 0 Å². The van der Waals surface area contributed by atoms with Gasteiger partial charge in [0.05, 0.1) is 19.3 Å². The molecule has 80 valence electrons. The van der Waals surface area contributed by atoms with Gasteiger partial charge in [-0.15, -0.1) is 0 Å².